The number of hydrogen-bond acceptors (Lipinski definition) is 3. The number of sulfonamides is 1. The van der Waals surface area contributed by atoms with Crippen LogP contribution in [0.15, 0.2) is 41.3 Å². The summed E-state index contributed by atoms with van der Waals surface area (Å²) in [5.41, 5.74) is 1.62. The number of halogens is 4. The van der Waals surface area contributed by atoms with Crippen LogP contribution in [0, 0.1) is 19.8 Å². The van der Waals surface area contributed by atoms with E-state index in [4.69, 9.17) is 11.6 Å². The van der Waals surface area contributed by atoms with Gasteiger partial charge in [-0.25, -0.2) is 8.42 Å². The van der Waals surface area contributed by atoms with Gasteiger partial charge in [0, 0.05) is 24.7 Å². The molecule has 31 heavy (non-hydrogen) atoms. The average molecular weight is 475 g/mol. The third-order valence-corrected chi connectivity index (χ3v) is 7.70. The summed E-state index contributed by atoms with van der Waals surface area (Å²) in [6, 6.07) is 8.12. The van der Waals surface area contributed by atoms with Gasteiger partial charge in [0.25, 0.3) is 0 Å². The molecule has 0 saturated carbocycles. The van der Waals surface area contributed by atoms with E-state index in [2.05, 4.69) is 5.32 Å². The van der Waals surface area contributed by atoms with Crippen LogP contribution in [0.1, 0.15) is 29.5 Å². The van der Waals surface area contributed by atoms with Gasteiger partial charge in [0.15, 0.2) is 0 Å². The molecule has 0 atom stereocenters. The predicted octanol–water partition coefficient (Wildman–Crippen LogP) is 5.02. The fourth-order valence-electron chi connectivity index (χ4n) is 3.45. The first-order chi connectivity index (χ1) is 14.4. The summed E-state index contributed by atoms with van der Waals surface area (Å²) < 4.78 is 66.0. The van der Waals surface area contributed by atoms with Crippen molar-refractivity contribution in [2.24, 2.45) is 5.92 Å². The number of aryl methyl sites for hydroxylation is 2. The van der Waals surface area contributed by atoms with Crippen molar-refractivity contribution in [2.45, 2.75) is 37.8 Å². The molecule has 0 spiro atoms. The summed E-state index contributed by atoms with van der Waals surface area (Å²) in [4.78, 5) is 12.1. The molecule has 1 fully saturated rings. The van der Waals surface area contributed by atoms with E-state index in [1.807, 2.05) is 26.0 Å². The molecule has 3 rings (SSSR count). The van der Waals surface area contributed by atoms with Gasteiger partial charge in [0.2, 0.25) is 15.9 Å². The number of anilines is 1. The predicted molar refractivity (Wildman–Crippen MR) is 112 cm³/mol. The molecule has 1 N–H and O–H groups in total. The second kappa shape index (κ2) is 8.80. The number of rotatable bonds is 4. The maximum absolute atomic E-state index is 13.1. The standard InChI is InChI=1S/C21H22ClF3N2O3S/c1-13-3-4-16(11-14(13)2)26-20(28)15-7-9-27(10-8-15)31(29,30)17-5-6-19(22)18(12-17)21(23,24)25/h3-6,11-12,15H,7-10H2,1-2H3,(H,26,28). The number of nitrogens with zero attached hydrogens (tertiary/aromatic N) is 1. The van der Waals surface area contributed by atoms with Crippen LogP contribution < -0.4 is 5.32 Å². The van der Waals surface area contributed by atoms with E-state index in [1.54, 1.807) is 6.07 Å². The zero-order valence-corrected chi connectivity index (χ0v) is 18.5. The molecule has 168 valence electrons. The maximum atomic E-state index is 13.1. The molecule has 5 nitrogen and oxygen atoms in total. The fourth-order valence-corrected chi connectivity index (χ4v) is 5.17. The monoisotopic (exact) mass is 474 g/mol. The molecule has 0 bridgehead atoms. The van der Waals surface area contributed by atoms with Crippen molar-refractivity contribution in [3.63, 3.8) is 0 Å². The molecule has 2 aromatic carbocycles. The fraction of sp³-hybridized carbons (Fsp3) is 0.381. The Hall–Kier alpha value is -2.10. The van der Waals surface area contributed by atoms with Crippen LogP contribution in [0.3, 0.4) is 0 Å². The average Bonchev–Trinajstić information content (AvgIpc) is 2.70. The summed E-state index contributed by atoms with van der Waals surface area (Å²) in [7, 11) is -4.14. The van der Waals surface area contributed by atoms with Gasteiger partial charge >= 0.3 is 6.18 Å². The Balaban J connectivity index is 1.68. The first-order valence-corrected chi connectivity index (χ1v) is 11.5. The normalized spacial score (nSPS) is 16.3. The van der Waals surface area contributed by atoms with Crippen molar-refractivity contribution >= 4 is 33.2 Å². The lowest BCUT2D eigenvalue weighted by Crippen LogP contribution is -2.41. The Morgan fingerprint density at radius 2 is 1.71 bits per heavy atom. The van der Waals surface area contributed by atoms with Gasteiger partial charge in [-0.05, 0) is 68.1 Å². The van der Waals surface area contributed by atoms with Gasteiger partial charge < -0.3 is 5.32 Å². The van der Waals surface area contributed by atoms with Crippen molar-refractivity contribution in [1.82, 2.24) is 4.31 Å². The van der Waals surface area contributed by atoms with Gasteiger partial charge in [-0.2, -0.15) is 17.5 Å². The molecular weight excluding hydrogens is 453 g/mol. The van der Waals surface area contributed by atoms with Crippen LogP contribution in [0.5, 0.6) is 0 Å². The highest BCUT2D eigenvalue weighted by atomic mass is 35.5. The number of alkyl halides is 3. The Labute approximate surface area is 184 Å². The van der Waals surface area contributed by atoms with E-state index < -0.39 is 31.7 Å². The van der Waals surface area contributed by atoms with Crippen LogP contribution in [0.2, 0.25) is 5.02 Å². The summed E-state index contributed by atoms with van der Waals surface area (Å²) in [5.74, 6) is -0.588. The summed E-state index contributed by atoms with van der Waals surface area (Å²) in [6.07, 6.45) is -4.22. The molecule has 0 unspecified atom stereocenters. The molecule has 2 aromatic rings. The Morgan fingerprint density at radius 1 is 1.06 bits per heavy atom. The number of piperidine rings is 1. The summed E-state index contributed by atoms with van der Waals surface area (Å²) in [5, 5.41) is 2.29. The minimum absolute atomic E-state index is 0.0390. The number of amides is 1. The van der Waals surface area contributed by atoms with E-state index in [0.717, 1.165) is 27.6 Å². The Bertz CT molecular complexity index is 1100. The first-order valence-electron chi connectivity index (χ1n) is 9.64. The third-order valence-electron chi connectivity index (χ3n) is 5.48. The molecular formula is C21H22ClF3N2O3S. The third kappa shape index (κ3) is 5.22. The highest BCUT2D eigenvalue weighted by Crippen LogP contribution is 2.37. The Kier molecular flexibility index (Phi) is 6.69. The zero-order valence-electron chi connectivity index (χ0n) is 17.0. The van der Waals surface area contributed by atoms with Crippen LogP contribution >= 0.6 is 11.6 Å². The largest absolute Gasteiger partial charge is 0.417 e. The summed E-state index contributed by atoms with van der Waals surface area (Å²) >= 11 is 5.58. The minimum Gasteiger partial charge on any atom is -0.326 e. The van der Waals surface area contributed by atoms with Crippen molar-refractivity contribution < 1.29 is 26.4 Å². The van der Waals surface area contributed by atoms with Crippen molar-refractivity contribution in [3.8, 4) is 0 Å². The number of hydrogen-bond donors (Lipinski definition) is 1. The van der Waals surface area contributed by atoms with E-state index in [9.17, 15) is 26.4 Å². The van der Waals surface area contributed by atoms with E-state index in [-0.39, 0.29) is 37.8 Å². The molecule has 10 heteroatoms. The van der Waals surface area contributed by atoms with Crippen LogP contribution in [0.4, 0.5) is 18.9 Å². The quantitative estimate of drug-likeness (QED) is 0.677. The van der Waals surface area contributed by atoms with Crippen LogP contribution in [0.25, 0.3) is 0 Å². The van der Waals surface area contributed by atoms with Crippen LogP contribution in [-0.4, -0.2) is 31.7 Å². The van der Waals surface area contributed by atoms with Crippen molar-refractivity contribution in [3.05, 3.63) is 58.1 Å². The molecule has 0 aromatic heterocycles. The van der Waals surface area contributed by atoms with Gasteiger partial charge in [-0.1, -0.05) is 17.7 Å². The summed E-state index contributed by atoms with van der Waals surface area (Å²) in [6.45, 7) is 3.99. The number of nitrogens with one attached hydrogen (secondary N) is 1. The van der Waals surface area contributed by atoms with Gasteiger partial charge in [-0.3, -0.25) is 4.79 Å². The van der Waals surface area contributed by atoms with Crippen molar-refractivity contribution in [2.75, 3.05) is 18.4 Å². The smallest absolute Gasteiger partial charge is 0.326 e. The van der Waals surface area contributed by atoms with Gasteiger partial charge in [0.05, 0.1) is 15.5 Å². The number of benzene rings is 2. The van der Waals surface area contributed by atoms with Crippen LogP contribution in [-0.2, 0) is 21.0 Å². The maximum Gasteiger partial charge on any atom is 0.417 e. The number of carbonyl (C=O) groups is 1. The molecule has 1 heterocycles. The second-order valence-electron chi connectivity index (χ2n) is 7.61. The lowest BCUT2D eigenvalue weighted by molar-refractivity contribution is -0.137. The molecule has 1 saturated heterocycles. The lowest BCUT2D eigenvalue weighted by atomic mass is 9.97. The highest BCUT2D eigenvalue weighted by Gasteiger charge is 2.37. The molecule has 1 aliphatic rings. The zero-order chi connectivity index (χ0) is 23.0. The number of carbonyl (C=O) groups excluding carboxylic acids is 1. The van der Waals surface area contributed by atoms with Crippen molar-refractivity contribution in [1.29, 1.82) is 0 Å². The van der Waals surface area contributed by atoms with E-state index in [1.165, 1.54) is 0 Å². The minimum atomic E-state index is -4.76. The molecule has 1 aliphatic heterocycles. The van der Waals surface area contributed by atoms with Gasteiger partial charge in [-0.15, -0.1) is 0 Å². The highest BCUT2D eigenvalue weighted by molar-refractivity contribution is 7.89. The topological polar surface area (TPSA) is 66.5 Å². The Morgan fingerprint density at radius 3 is 2.29 bits per heavy atom. The second-order valence-corrected chi connectivity index (χ2v) is 9.95. The first kappa shape index (κ1) is 23.6. The molecule has 0 radical (unpaired) electrons. The lowest BCUT2D eigenvalue weighted by Gasteiger charge is -2.30. The van der Waals surface area contributed by atoms with E-state index >= 15 is 0 Å². The SMILES string of the molecule is Cc1ccc(NC(=O)C2CCN(S(=O)(=O)c3ccc(Cl)c(C(F)(F)F)c3)CC2)cc1C. The molecule has 1 amide bonds. The van der Waals surface area contributed by atoms with E-state index in [0.29, 0.717) is 11.8 Å². The molecule has 0 aliphatic carbocycles. The van der Waals surface area contributed by atoms with Gasteiger partial charge in [0.1, 0.15) is 0 Å².